The van der Waals surface area contributed by atoms with Crippen molar-refractivity contribution in [3.05, 3.63) is 54.5 Å². The number of likely N-dealkylation sites (tertiary alicyclic amines) is 1. The summed E-state index contributed by atoms with van der Waals surface area (Å²) in [6, 6.07) is 4.54. The van der Waals surface area contributed by atoms with Gasteiger partial charge in [0, 0.05) is 44.5 Å². The number of benzene rings is 1. The van der Waals surface area contributed by atoms with E-state index in [2.05, 4.69) is 28.4 Å². The quantitative estimate of drug-likeness (QED) is 0.336. The zero-order chi connectivity index (χ0) is 29.0. The number of nitrogens with zero attached hydrogens (tertiary/aromatic N) is 6. The Labute approximate surface area is 234 Å². The number of likely N-dealkylation sites (N-methyl/N-ethyl adjacent to an activating group) is 2. The van der Waals surface area contributed by atoms with Crippen molar-refractivity contribution >= 4 is 28.7 Å². The molecular formula is C29H35N7O4. The van der Waals surface area contributed by atoms with Gasteiger partial charge in [-0.2, -0.15) is 0 Å². The fourth-order valence-corrected chi connectivity index (χ4v) is 4.83. The molecule has 0 saturated carbocycles. The first-order chi connectivity index (χ1) is 19.2. The molecule has 1 aromatic carbocycles. The number of carbonyl (C=O) groups excluding carboxylic acids is 2. The predicted octanol–water partition coefficient (Wildman–Crippen LogP) is 1.78. The Kier molecular flexibility index (Phi) is 8.60. The zero-order valence-electron chi connectivity index (χ0n) is 23.5. The molecule has 1 unspecified atom stereocenters. The molecule has 0 radical (unpaired) electrons. The minimum absolute atomic E-state index is 0.114. The highest BCUT2D eigenvalue weighted by Crippen LogP contribution is 2.34. The molecule has 1 saturated heterocycles. The summed E-state index contributed by atoms with van der Waals surface area (Å²) in [5.41, 5.74) is 8.20. The van der Waals surface area contributed by atoms with Gasteiger partial charge in [-0.3, -0.25) is 9.59 Å². The van der Waals surface area contributed by atoms with E-state index in [-0.39, 0.29) is 17.9 Å². The molecule has 11 heteroatoms. The van der Waals surface area contributed by atoms with Crippen molar-refractivity contribution in [1.82, 2.24) is 29.2 Å². The number of hydrogen-bond acceptors (Lipinski definition) is 8. The molecule has 2 aromatic heterocycles. The lowest BCUT2D eigenvalue weighted by molar-refractivity contribution is -0.140. The number of methoxy groups -OCH3 is 2. The van der Waals surface area contributed by atoms with Crippen molar-refractivity contribution in [2.24, 2.45) is 0 Å². The molecule has 1 fully saturated rings. The molecule has 11 nitrogen and oxygen atoms in total. The van der Waals surface area contributed by atoms with Gasteiger partial charge in [0.25, 0.3) is 0 Å². The first-order valence-electron chi connectivity index (χ1n) is 12.9. The van der Waals surface area contributed by atoms with E-state index in [0.29, 0.717) is 65.5 Å². The molecule has 4 rings (SSSR count). The fourth-order valence-electron chi connectivity index (χ4n) is 4.83. The summed E-state index contributed by atoms with van der Waals surface area (Å²) in [5.74, 6) is 7.49. The monoisotopic (exact) mass is 545 g/mol. The van der Waals surface area contributed by atoms with E-state index >= 15 is 0 Å². The second-order valence-electron chi connectivity index (χ2n) is 9.92. The largest absolute Gasteiger partial charge is 0.497 e. The lowest BCUT2D eigenvalue weighted by atomic mass is 10.1. The summed E-state index contributed by atoms with van der Waals surface area (Å²) >= 11 is 0. The molecule has 0 spiro atoms. The molecule has 0 aliphatic carbocycles. The van der Waals surface area contributed by atoms with Crippen LogP contribution in [-0.2, 0) is 9.59 Å². The van der Waals surface area contributed by atoms with Crippen LogP contribution in [-0.4, -0.2) is 102 Å². The van der Waals surface area contributed by atoms with Crippen LogP contribution in [0.3, 0.4) is 0 Å². The lowest BCUT2D eigenvalue weighted by Crippen LogP contribution is -2.47. The normalized spacial score (nSPS) is 16.5. The Morgan fingerprint density at radius 2 is 1.82 bits per heavy atom. The van der Waals surface area contributed by atoms with Crippen molar-refractivity contribution in [3.8, 4) is 23.3 Å². The smallest absolute Gasteiger partial charge is 0.246 e. The van der Waals surface area contributed by atoms with Crippen molar-refractivity contribution < 1.29 is 19.1 Å². The van der Waals surface area contributed by atoms with Crippen molar-refractivity contribution in [2.45, 2.75) is 18.5 Å². The molecule has 3 heterocycles. The number of nitrogen functional groups attached to an aromatic ring is 1. The summed E-state index contributed by atoms with van der Waals surface area (Å²) in [6.07, 6.45) is 4.93. The minimum atomic E-state index is -0.627. The van der Waals surface area contributed by atoms with Crippen LogP contribution < -0.4 is 15.2 Å². The maximum atomic E-state index is 13.4. The molecule has 40 heavy (non-hydrogen) atoms. The molecule has 1 aliphatic heterocycles. The predicted molar refractivity (Wildman–Crippen MR) is 153 cm³/mol. The van der Waals surface area contributed by atoms with Gasteiger partial charge in [0.05, 0.1) is 31.2 Å². The first kappa shape index (κ1) is 28.4. The van der Waals surface area contributed by atoms with E-state index in [9.17, 15) is 9.59 Å². The Hall–Kier alpha value is -4.56. The van der Waals surface area contributed by atoms with Gasteiger partial charge in [0.1, 0.15) is 35.3 Å². The van der Waals surface area contributed by atoms with E-state index in [1.54, 1.807) is 37.1 Å². The number of hydrogen-bond donors (Lipinski definition) is 1. The van der Waals surface area contributed by atoms with Gasteiger partial charge in [0.2, 0.25) is 11.8 Å². The highest BCUT2D eigenvalue weighted by atomic mass is 16.5. The Morgan fingerprint density at radius 3 is 2.45 bits per heavy atom. The van der Waals surface area contributed by atoms with Crippen molar-refractivity contribution in [1.29, 1.82) is 0 Å². The van der Waals surface area contributed by atoms with Crippen LogP contribution in [0.25, 0.3) is 11.0 Å². The molecule has 2 amide bonds. The van der Waals surface area contributed by atoms with Gasteiger partial charge < -0.3 is 34.5 Å². The van der Waals surface area contributed by atoms with E-state index in [1.165, 1.54) is 12.4 Å². The summed E-state index contributed by atoms with van der Waals surface area (Å²) in [4.78, 5) is 40.2. The van der Waals surface area contributed by atoms with Crippen LogP contribution in [0.5, 0.6) is 11.5 Å². The number of carbonyl (C=O) groups is 2. The summed E-state index contributed by atoms with van der Waals surface area (Å²) in [7, 11) is 8.83. The van der Waals surface area contributed by atoms with Crippen LogP contribution in [0.2, 0.25) is 0 Å². The van der Waals surface area contributed by atoms with Gasteiger partial charge in [-0.05, 0) is 38.7 Å². The standard InChI is InChI=1S/C29H35N7O4/c1-7-25(37)36-17-21(14-24(36)29(38)34(4)11-10-33(2)3)35-16-20(26-27(30)31-18-32-28(26)35)9-8-19-12-22(39-5)15-23(13-19)40-6/h7,12-13,15-16,18,21,24H,1,10-11,14,17H2,2-6H3,(H2,30,31,32)/t21-,24?/m0/s1. The minimum Gasteiger partial charge on any atom is -0.497 e. The highest BCUT2D eigenvalue weighted by Gasteiger charge is 2.41. The SMILES string of the molecule is C=CC(=O)N1C[C@@H](n2cc(C#Cc3cc(OC)cc(OC)c3)c3c(N)ncnc32)CC1C(=O)N(C)CCN(C)C. The van der Waals surface area contributed by atoms with Gasteiger partial charge in [0.15, 0.2) is 0 Å². The number of rotatable bonds is 8. The molecule has 2 N–H and O–H groups in total. The summed E-state index contributed by atoms with van der Waals surface area (Å²) < 4.78 is 12.7. The Balaban J connectivity index is 1.71. The average Bonchev–Trinajstić information content (AvgIpc) is 3.56. The third kappa shape index (κ3) is 5.87. The van der Waals surface area contributed by atoms with Crippen molar-refractivity contribution in [2.75, 3.05) is 60.7 Å². The van der Waals surface area contributed by atoms with E-state index < -0.39 is 6.04 Å². The zero-order valence-corrected chi connectivity index (χ0v) is 23.5. The second-order valence-corrected chi connectivity index (χ2v) is 9.92. The van der Waals surface area contributed by atoms with Gasteiger partial charge >= 0.3 is 0 Å². The van der Waals surface area contributed by atoms with Crippen molar-refractivity contribution in [3.63, 3.8) is 0 Å². The maximum absolute atomic E-state index is 13.4. The molecule has 3 aromatic rings. The second kappa shape index (κ2) is 12.1. The van der Waals surface area contributed by atoms with E-state index in [4.69, 9.17) is 15.2 Å². The summed E-state index contributed by atoms with van der Waals surface area (Å²) in [5, 5.41) is 0.615. The molecule has 210 valence electrons. The number of amides is 2. The van der Waals surface area contributed by atoms with Crippen LogP contribution in [0.1, 0.15) is 23.6 Å². The number of nitrogens with two attached hydrogens (primary N) is 1. The molecule has 1 aliphatic rings. The average molecular weight is 546 g/mol. The van der Waals surface area contributed by atoms with Crippen LogP contribution in [0.4, 0.5) is 5.82 Å². The summed E-state index contributed by atoms with van der Waals surface area (Å²) in [6.45, 7) is 5.22. The Morgan fingerprint density at radius 1 is 1.12 bits per heavy atom. The molecular weight excluding hydrogens is 510 g/mol. The lowest BCUT2D eigenvalue weighted by Gasteiger charge is -2.27. The number of fused-ring (bicyclic) bond motifs is 1. The molecule has 0 bridgehead atoms. The third-order valence-electron chi connectivity index (χ3n) is 7.01. The molecule has 2 atom stereocenters. The highest BCUT2D eigenvalue weighted by molar-refractivity contribution is 5.94. The van der Waals surface area contributed by atoms with Crippen LogP contribution in [0.15, 0.2) is 43.4 Å². The van der Waals surface area contributed by atoms with Gasteiger partial charge in [-0.15, -0.1) is 0 Å². The van der Waals surface area contributed by atoms with Crippen LogP contribution in [0, 0.1) is 11.8 Å². The Bertz CT molecular complexity index is 1460. The number of aromatic nitrogens is 3. The fraction of sp³-hybridized carbons (Fsp3) is 0.379. The number of ether oxygens (including phenoxy) is 2. The third-order valence-corrected chi connectivity index (χ3v) is 7.01. The maximum Gasteiger partial charge on any atom is 0.246 e. The first-order valence-corrected chi connectivity index (χ1v) is 12.9. The number of anilines is 1. The van der Waals surface area contributed by atoms with Gasteiger partial charge in [-0.25, -0.2) is 9.97 Å². The van der Waals surface area contributed by atoms with Gasteiger partial charge in [-0.1, -0.05) is 18.4 Å². The van der Waals surface area contributed by atoms with E-state index in [1.807, 2.05) is 41.9 Å². The van der Waals surface area contributed by atoms with Crippen LogP contribution >= 0.6 is 0 Å². The van der Waals surface area contributed by atoms with E-state index in [0.717, 1.165) is 0 Å². The topological polar surface area (TPSA) is 119 Å².